The third kappa shape index (κ3) is 5.12. The van der Waals surface area contributed by atoms with Crippen LogP contribution in [-0.4, -0.2) is 17.9 Å². The molecule has 2 fully saturated rings. The van der Waals surface area contributed by atoms with Gasteiger partial charge in [-0.05, 0) is 25.7 Å². The molecule has 2 N–H and O–H groups in total. The SMILES string of the molecule is O=C(C=C(NC1CCCCC1)NC1CCCCC1)c1ccccc1. The highest BCUT2D eigenvalue weighted by Gasteiger charge is 2.18. The normalized spacial score (nSPS) is 19.5. The lowest BCUT2D eigenvalue weighted by molar-refractivity contribution is 0.104. The van der Waals surface area contributed by atoms with E-state index in [4.69, 9.17) is 0 Å². The van der Waals surface area contributed by atoms with Gasteiger partial charge in [-0.15, -0.1) is 0 Å². The summed E-state index contributed by atoms with van der Waals surface area (Å²) in [5.41, 5.74) is 0.755. The van der Waals surface area contributed by atoms with E-state index >= 15 is 0 Å². The first-order chi connectivity index (χ1) is 11.8. The van der Waals surface area contributed by atoms with E-state index in [2.05, 4.69) is 10.6 Å². The zero-order chi connectivity index (χ0) is 16.6. The Hall–Kier alpha value is -1.77. The first kappa shape index (κ1) is 17.1. The fourth-order valence-corrected chi connectivity index (χ4v) is 3.88. The quantitative estimate of drug-likeness (QED) is 0.595. The summed E-state index contributed by atoms with van der Waals surface area (Å²) in [5.74, 6) is 1.01. The Bertz CT molecular complexity index is 518. The van der Waals surface area contributed by atoms with Crippen LogP contribution in [0.4, 0.5) is 0 Å². The fraction of sp³-hybridized carbons (Fsp3) is 0.571. The molecule has 3 nitrogen and oxygen atoms in total. The molecular weight excluding hydrogens is 296 g/mol. The van der Waals surface area contributed by atoms with Crippen molar-refractivity contribution in [3.8, 4) is 0 Å². The van der Waals surface area contributed by atoms with Gasteiger partial charge in [-0.2, -0.15) is 0 Å². The molecule has 0 spiro atoms. The minimum Gasteiger partial charge on any atom is -0.369 e. The van der Waals surface area contributed by atoms with Crippen LogP contribution in [0, 0.1) is 0 Å². The summed E-state index contributed by atoms with van der Waals surface area (Å²) in [6.45, 7) is 0. The largest absolute Gasteiger partial charge is 0.369 e. The van der Waals surface area contributed by atoms with Gasteiger partial charge in [0.25, 0.3) is 0 Å². The van der Waals surface area contributed by atoms with Crippen molar-refractivity contribution in [2.24, 2.45) is 0 Å². The predicted octanol–water partition coefficient (Wildman–Crippen LogP) is 4.56. The van der Waals surface area contributed by atoms with Crippen molar-refractivity contribution in [3.63, 3.8) is 0 Å². The van der Waals surface area contributed by atoms with E-state index in [-0.39, 0.29) is 5.78 Å². The second-order valence-corrected chi connectivity index (χ2v) is 7.25. The maximum atomic E-state index is 12.6. The lowest BCUT2D eigenvalue weighted by Gasteiger charge is -2.30. The van der Waals surface area contributed by atoms with Crippen LogP contribution in [0.15, 0.2) is 42.2 Å². The van der Waals surface area contributed by atoms with E-state index in [0.29, 0.717) is 12.1 Å². The Morgan fingerprint density at radius 2 is 1.29 bits per heavy atom. The van der Waals surface area contributed by atoms with Gasteiger partial charge in [-0.25, -0.2) is 0 Å². The predicted molar refractivity (Wildman–Crippen MR) is 98.9 cm³/mol. The summed E-state index contributed by atoms with van der Waals surface area (Å²) >= 11 is 0. The van der Waals surface area contributed by atoms with Crippen LogP contribution in [0.1, 0.15) is 74.6 Å². The van der Waals surface area contributed by atoms with Gasteiger partial charge in [0.2, 0.25) is 0 Å². The molecule has 2 aliphatic rings. The summed E-state index contributed by atoms with van der Waals surface area (Å²) in [4.78, 5) is 12.6. The first-order valence-electron chi connectivity index (χ1n) is 9.65. The second kappa shape index (κ2) is 8.91. The lowest BCUT2D eigenvalue weighted by Crippen LogP contribution is -2.41. The van der Waals surface area contributed by atoms with E-state index in [1.54, 1.807) is 6.08 Å². The van der Waals surface area contributed by atoms with E-state index in [1.807, 2.05) is 30.3 Å². The van der Waals surface area contributed by atoms with Crippen LogP contribution in [-0.2, 0) is 0 Å². The smallest absolute Gasteiger partial charge is 0.189 e. The van der Waals surface area contributed by atoms with Crippen LogP contribution < -0.4 is 10.6 Å². The van der Waals surface area contributed by atoms with Gasteiger partial charge in [-0.3, -0.25) is 4.79 Å². The molecule has 3 rings (SSSR count). The molecule has 0 amide bonds. The Morgan fingerprint density at radius 3 is 1.79 bits per heavy atom. The second-order valence-electron chi connectivity index (χ2n) is 7.25. The molecular formula is C21H30N2O. The molecule has 24 heavy (non-hydrogen) atoms. The van der Waals surface area contributed by atoms with Crippen LogP contribution in [0.3, 0.4) is 0 Å². The number of rotatable bonds is 6. The van der Waals surface area contributed by atoms with Gasteiger partial charge in [0, 0.05) is 23.7 Å². The highest BCUT2D eigenvalue weighted by atomic mass is 16.1. The zero-order valence-electron chi connectivity index (χ0n) is 14.6. The van der Waals surface area contributed by atoms with Crippen LogP contribution >= 0.6 is 0 Å². The average Bonchev–Trinajstić information content (AvgIpc) is 2.64. The molecule has 0 radical (unpaired) electrons. The lowest BCUT2D eigenvalue weighted by atomic mass is 9.94. The third-order valence-corrected chi connectivity index (χ3v) is 5.26. The van der Waals surface area contributed by atoms with Crippen LogP contribution in [0.5, 0.6) is 0 Å². The molecule has 130 valence electrons. The zero-order valence-corrected chi connectivity index (χ0v) is 14.6. The van der Waals surface area contributed by atoms with Gasteiger partial charge >= 0.3 is 0 Å². The molecule has 0 aromatic heterocycles. The van der Waals surface area contributed by atoms with Crippen LogP contribution in [0.2, 0.25) is 0 Å². The molecule has 0 heterocycles. The van der Waals surface area contributed by atoms with Crippen LogP contribution in [0.25, 0.3) is 0 Å². The summed E-state index contributed by atoms with van der Waals surface area (Å²) < 4.78 is 0. The standard InChI is InChI=1S/C21H30N2O/c24-20(17-10-4-1-5-11-17)16-21(22-18-12-6-2-7-13-18)23-19-14-8-3-9-15-19/h1,4-5,10-11,16,18-19,22-23H,2-3,6-9,12-15H2. The number of hydrogen-bond acceptors (Lipinski definition) is 3. The number of ketones is 1. The van der Waals surface area contributed by atoms with E-state index in [1.165, 1.54) is 64.2 Å². The van der Waals surface area contributed by atoms with Crippen molar-refractivity contribution < 1.29 is 4.79 Å². The molecule has 1 aromatic carbocycles. The van der Waals surface area contributed by atoms with Crippen molar-refractivity contribution in [3.05, 3.63) is 47.8 Å². The summed E-state index contributed by atoms with van der Waals surface area (Å²) in [6.07, 6.45) is 14.5. The molecule has 2 aliphatic carbocycles. The van der Waals surface area contributed by atoms with E-state index in [0.717, 1.165) is 11.4 Å². The minimum atomic E-state index is 0.0808. The number of hydrogen-bond donors (Lipinski definition) is 2. The van der Waals surface area contributed by atoms with Crippen molar-refractivity contribution >= 4 is 5.78 Å². The third-order valence-electron chi connectivity index (χ3n) is 5.26. The average molecular weight is 326 g/mol. The molecule has 0 atom stereocenters. The maximum Gasteiger partial charge on any atom is 0.189 e. The van der Waals surface area contributed by atoms with Crippen molar-refractivity contribution in [2.75, 3.05) is 0 Å². The van der Waals surface area contributed by atoms with E-state index < -0.39 is 0 Å². The van der Waals surface area contributed by atoms with Gasteiger partial charge < -0.3 is 10.6 Å². The topological polar surface area (TPSA) is 41.1 Å². The fourth-order valence-electron chi connectivity index (χ4n) is 3.88. The summed E-state index contributed by atoms with van der Waals surface area (Å²) in [6, 6.07) is 10.6. The van der Waals surface area contributed by atoms with Crippen molar-refractivity contribution in [1.82, 2.24) is 10.6 Å². The summed E-state index contributed by atoms with van der Waals surface area (Å²) in [7, 11) is 0. The summed E-state index contributed by atoms with van der Waals surface area (Å²) in [5, 5.41) is 7.27. The Morgan fingerprint density at radius 1 is 0.792 bits per heavy atom. The van der Waals surface area contributed by atoms with Gasteiger partial charge in [0.05, 0.1) is 0 Å². The van der Waals surface area contributed by atoms with Gasteiger partial charge in [0.1, 0.15) is 5.82 Å². The number of carbonyl (C=O) groups excluding carboxylic acids is 1. The molecule has 0 unspecified atom stereocenters. The first-order valence-corrected chi connectivity index (χ1v) is 9.65. The maximum absolute atomic E-state index is 12.6. The Kier molecular flexibility index (Phi) is 6.33. The minimum absolute atomic E-state index is 0.0808. The van der Waals surface area contributed by atoms with Crippen molar-refractivity contribution in [2.45, 2.75) is 76.3 Å². The number of allylic oxidation sites excluding steroid dienone is 1. The van der Waals surface area contributed by atoms with E-state index in [9.17, 15) is 4.79 Å². The number of nitrogens with one attached hydrogen (secondary N) is 2. The molecule has 1 aromatic rings. The molecule has 0 bridgehead atoms. The number of benzene rings is 1. The Labute approximate surface area is 145 Å². The van der Waals surface area contributed by atoms with Gasteiger partial charge in [0.15, 0.2) is 5.78 Å². The molecule has 2 saturated carbocycles. The van der Waals surface area contributed by atoms with Crippen molar-refractivity contribution in [1.29, 1.82) is 0 Å². The highest BCUT2D eigenvalue weighted by Crippen LogP contribution is 2.20. The monoisotopic (exact) mass is 326 g/mol. The molecule has 0 aliphatic heterocycles. The number of carbonyl (C=O) groups is 1. The van der Waals surface area contributed by atoms with Gasteiger partial charge in [-0.1, -0.05) is 68.9 Å². The Balaban J connectivity index is 1.69. The molecule has 3 heteroatoms. The highest BCUT2D eigenvalue weighted by molar-refractivity contribution is 6.04. The molecule has 0 saturated heterocycles.